The molecule has 0 saturated carbocycles. The fourth-order valence-corrected chi connectivity index (χ4v) is 1.89. The van der Waals surface area contributed by atoms with Gasteiger partial charge in [0.05, 0.1) is 7.11 Å². The number of esters is 1. The van der Waals surface area contributed by atoms with Gasteiger partial charge in [0.25, 0.3) is 11.5 Å². The summed E-state index contributed by atoms with van der Waals surface area (Å²) in [6.07, 6.45) is 0. The molecule has 2 rings (SSSR count). The number of aliphatic hydroxyl groups is 1. The first kappa shape index (κ1) is 9.42. The van der Waals surface area contributed by atoms with E-state index in [0.717, 1.165) is 0 Å². The molecular formula is C8H11NO5. The SMILES string of the molecule is COC(=O)C12OC1(C)C(C)(O)NC2=O. The van der Waals surface area contributed by atoms with Crippen molar-refractivity contribution in [2.24, 2.45) is 0 Å². The second-order valence-electron chi connectivity index (χ2n) is 3.83. The van der Waals surface area contributed by atoms with Crippen LogP contribution in [0.1, 0.15) is 13.8 Å². The normalized spacial score (nSPS) is 49.6. The minimum absolute atomic E-state index is 0.656. The van der Waals surface area contributed by atoms with Crippen molar-refractivity contribution in [1.82, 2.24) is 5.32 Å². The first-order valence-corrected chi connectivity index (χ1v) is 4.15. The third kappa shape index (κ3) is 0.665. The Hall–Kier alpha value is -1.14. The van der Waals surface area contributed by atoms with Gasteiger partial charge < -0.3 is 19.9 Å². The van der Waals surface area contributed by atoms with E-state index in [1.54, 1.807) is 0 Å². The average Bonchev–Trinajstić information content (AvgIpc) is 2.69. The van der Waals surface area contributed by atoms with Gasteiger partial charge in [-0.2, -0.15) is 0 Å². The number of methoxy groups -OCH3 is 1. The smallest absolute Gasteiger partial charge is 0.351 e. The molecule has 78 valence electrons. The number of carbonyl (C=O) groups excluding carboxylic acids is 2. The predicted molar refractivity (Wildman–Crippen MR) is 43.0 cm³/mol. The van der Waals surface area contributed by atoms with E-state index in [4.69, 9.17) is 4.74 Å². The van der Waals surface area contributed by atoms with Crippen molar-refractivity contribution >= 4 is 11.9 Å². The lowest BCUT2D eigenvalue weighted by atomic mass is 9.90. The van der Waals surface area contributed by atoms with Crippen molar-refractivity contribution in [1.29, 1.82) is 0 Å². The lowest BCUT2D eigenvalue weighted by molar-refractivity contribution is -0.152. The Morgan fingerprint density at radius 1 is 1.57 bits per heavy atom. The Morgan fingerprint density at radius 3 is 2.43 bits per heavy atom. The van der Waals surface area contributed by atoms with Crippen molar-refractivity contribution in [2.75, 3.05) is 7.11 Å². The van der Waals surface area contributed by atoms with Crippen LogP contribution in [0.5, 0.6) is 0 Å². The van der Waals surface area contributed by atoms with E-state index < -0.39 is 28.8 Å². The maximum atomic E-state index is 11.5. The summed E-state index contributed by atoms with van der Waals surface area (Å²) in [5.41, 5.74) is -4.44. The van der Waals surface area contributed by atoms with Gasteiger partial charge in [-0.15, -0.1) is 0 Å². The molecule has 0 spiro atoms. The zero-order valence-electron chi connectivity index (χ0n) is 8.08. The van der Waals surface area contributed by atoms with Crippen LogP contribution in [-0.2, 0) is 19.1 Å². The van der Waals surface area contributed by atoms with Crippen molar-refractivity contribution in [3.8, 4) is 0 Å². The molecule has 6 nitrogen and oxygen atoms in total. The number of epoxide rings is 1. The zero-order valence-corrected chi connectivity index (χ0v) is 8.08. The minimum atomic E-state index is -1.66. The Labute approximate surface area is 80.2 Å². The maximum Gasteiger partial charge on any atom is 0.351 e. The number of morpholine rings is 1. The van der Waals surface area contributed by atoms with Crippen LogP contribution >= 0.6 is 0 Å². The van der Waals surface area contributed by atoms with E-state index in [2.05, 4.69) is 10.1 Å². The highest BCUT2D eigenvalue weighted by atomic mass is 16.7. The fraction of sp³-hybridized carbons (Fsp3) is 0.750. The van der Waals surface area contributed by atoms with Crippen LogP contribution in [0.25, 0.3) is 0 Å². The van der Waals surface area contributed by atoms with Crippen molar-refractivity contribution in [3.63, 3.8) is 0 Å². The van der Waals surface area contributed by atoms with Crippen LogP contribution in [0.3, 0.4) is 0 Å². The summed E-state index contributed by atoms with van der Waals surface area (Å²) in [6.45, 7) is 2.87. The Bertz CT molecular complexity index is 339. The Kier molecular flexibility index (Phi) is 1.41. The van der Waals surface area contributed by atoms with Gasteiger partial charge in [0.15, 0.2) is 11.3 Å². The Morgan fingerprint density at radius 2 is 2.14 bits per heavy atom. The highest BCUT2D eigenvalue weighted by Crippen LogP contribution is 2.58. The highest BCUT2D eigenvalue weighted by Gasteiger charge is 2.89. The van der Waals surface area contributed by atoms with E-state index in [1.165, 1.54) is 21.0 Å². The second kappa shape index (κ2) is 2.09. The fourth-order valence-electron chi connectivity index (χ4n) is 1.89. The minimum Gasteiger partial charge on any atom is -0.466 e. The molecule has 6 heteroatoms. The molecule has 2 saturated heterocycles. The first-order valence-electron chi connectivity index (χ1n) is 4.15. The average molecular weight is 201 g/mol. The van der Waals surface area contributed by atoms with Gasteiger partial charge in [0.2, 0.25) is 0 Å². The van der Waals surface area contributed by atoms with E-state index in [0.29, 0.717) is 0 Å². The maximum absolute atomic E-state index is 11.5. The summed E-state index contributed by atoms with van der Waals surface area (Å²) in [5, 5.41) is 12.1. The molecule has 2 heterocycles. The Balaban J connectivity index is 2.44. The van der Waals surface area contributed by atoms with E-state index >= 15 is 0 Å². The van der Waals surface area contributed by atoms with Crippen LogP contribution in [0.4, 0.5) is 0 Å². The molecule has 3 atom stereocenters. The molecule has 2 fully saturated rings. The molecule has 2 N–H and O–H groups in total. The van der Waals surface area contributed by atoms with Crippen LogP contribution in [0, 0.1) is 0 Å². The number of amides is 1. The highest BCUT2D eigenvalue weighted by molar-refractivity contribution is 6.13. The summed E-state index contributed by atoms with van der Waals surface area (Å²) < 4.78 is 9.54. The molecule has 0 aliphatic carbocycles. The molecular weight excluding hydrogens is 190 g/mol. The molecule has 3 unspecified atom stereocenters. The number of hydrogen-bond donors (Lipinski definition) is 2. The van der Waals surface area contributed by atoms with Crippen molar-refractivity contribution in [2.45, 2.75) is 30.8 Å². The van der Waals surface area contributed by atoms with Gasteiger partial charge >= 0.3 is 5.97 Å². The van der Waals surface area contributed by atoms with Crippen molar-refractivity contribution < 1.29 is 24.2 Å². The van der Waals surface area contributed by atoms with Gasteiger partial charge in [0.1, 0.15) is 0 Å². The molecule has 2 aliphatic rings. The quantitative estimate of drug-likeness (QED) is 0.307. The number of hydrogen-bond acceptors (Lipinski definition) is 5. The summed E-state index contributed by atoms with van der Waals surface area (Å²) >= 11 is 0. The van der Waals surface area contributed by atoms with E-state index in [-0.39, 0.29) is 0 Å². The lowest BCUT2D eigenvalue weighted by Gasteiger charge is -2.22. The standard InChI is InChI=1S/C8H11NO5/c1-6-7(2,12)9-4(10)8(6,14-6)5(11)13-3/h12H,1-3H3,(H,9,10). The summed E-state index contributed by atoms with van der Waals surface area (Å²) in [7, 11) is 1.17. The number of fused-ring (bicyclic) bond motifs is 1. The van der Waals surface area contributed by atoms with Crippen LogP contribution in [0.2, 0.25) is 0 Å². The van der Waals surface area contributed by atoms with Crippen molar-refractivity contribution in [3.05, 3.63) is 0 Å². The van der Waals surface area contributed by atoms with E-state index in [9.17, 15) is 14.7 Å². The number of ether oxygens (including phenoxy) is 2. The van der Waals surface area contributed by atoms with Gasteiger partial charge in [-0.05, 0) is 13.8 Å². The third-order valence-electron chi connectivity index (χ3n) is 3.07. The summed E-state index contributed by atoms with van der Waals surface area (Å²) in [6, 6.07) is 0. The molecule has 2 aliphatic heterocycles. The van der Waals surface area contributed by atoms with Crippen LogP contribution in [0.15, 0.2) is 0 Å². The molecule has 0 bridgehead atoms. The molecule has 0 radical (unpaired) electrons. The molecule has 0 aromatic heterocycles. The monoisotopic (exact) mass is 201 g/mol. The molecule has 0 aromatic rings. The van der Waals surface area contributed by atoms with E-state index in [1.807, 2.05) is 0 Å². The van der Waals surface area contributed by atoms with Gasteiger partial charge in [-0.1, -0.05) is 0 Å². The van der Waals surface area contributed by atoms with Gasteiger partial charge in [0, 0.05) is 0 Å². The molecule has 0 aromatic carbocycles. The number of nitrogens with one attached hydrogen (secondary N) is 1. The summed E-state index contributed by atoms with van der Waals surface area (Å²) in [4.78, 5) is 22.8. The largest absolute Gasteiger partial charge is 0.466 e. The lowest BCUT2D eigenvalue weighted by Crippen LogP contribution is -2.49. The molecule has 14 heavy (non-hydrogen) atoms. The zero-order chi connectivity index (χ0) is 10.8. The molecule has 1 amide bonds. The predicted octanol–water partition coefficient (Wildman–Crippen LogP) is -1.47. The third-order valence-corrected chi connectivity index (χ3v) is 3.07. The van der Waals surface area contributed by atoms with Crippen LogP contribution in [-0.4, -0.2) is 41.0 Å². The topological polar surface area (TPSA) is 88.2 Å². The van der Waals surface area contributed by atoms with Gasteiger partial charge in [-0.3, -0.25) is 4.79 Å². The summed E-state index contributed by atoms with van der Waals surface area (Å²) in [5.74, 6) is -1.44. The number of carbonyl (C=O) groups is 2. The first-order chi connectivity index (χ1) is 6.32. The van der Waals surface area contributed by atoms with Gasteiger partial charge in [-0.25, -0.2) is 4.79 Å². The van der Waals surface area contributed by atoms with Crippen LogP contribution < -0.4 is 5.32 Å². The number of rotatable bonds is 1. The second-order valence-corrected chi connectivity index (χ2v) is 3.83.